The van der Waals surface area contributed by atoms with E-state index in [1.54, 1.807) is 0 Å². The lowest BCUT2D eigenvalue weighted by molar-refractivity contribution is 0.657. The fraction of sp³-hybridized carbons (Fsp3) is 0.462. The molecule has 1 heterocycles. The Labute approximate surface area is 106 Å². The second-order valence-corrected chi connectivity index (χ2v) is 4.63. The van der Waals surface area contributed by atoms with E-state index in [0.29, 0.717) is 5.95 Å². The van der Waals surface area contributed by atoms with Crippen molar-refractivity contribution >= 4 is 17.0 Å². The summed E-state index contributed by atoms with van der Waals surface area (Å²) in [6.07, 6.45) is 3.75. The normalized spacial score (nSPS) is 14.9. The second-order valence-electron chi connectivity index (χ2n) is 4.63. The maximum Gasteiger partial charge on any atom is 0.243 e. The van der Waals surface area contributed by atoms with Crippen molar-refractivity contribution in [1.82, 2.24) is 20.5 Å². The standard InChI is InChI=1S/C13H17N5/c1-2-5-12-11(4-1)16-13(18-17-12)15-9-3-8-14-10-6-7-10/h1-2,4-5,10,14H,3,6-9H2,(H,15,16,18). The van der Waals surface area contributed by atoms with E-state index in [9.17, 15) is 0 Å². The molecule has 2 N–H and O–H groups in total. The molecule has 1 aromatic heterocycles. The summed E-state index contributed by atoms with van der Waals surface area (Å²) in [6.45, 7) is 1.93. The number of anilines is 1. The maximum absolute atomic E-state index is 4.42. The lowest BCUT2D eigenvalue weighted by Crippen LogP contribution is -2.20. The number of para-hydroxylation sites is 1. The molecule has 0 spiro atoms. The van der Waals surface area contributed by atoms with Gasteiger partial charge in [0.05, 0.1) is 5.52 Å². The van der Waals surface area contributed by atoms with E-state index < -0.39 is 0 Å². The zero-order valence-corrected chi connectivity index (χ0v) is 10.3. The number of nitrogens with zero attached hydrogens (tertiary/aromatic N) is 3. The van der Waals surface area contributed by atoms with Crippen molar-refractivity contribution in [3.8, 4) is 0 Å². The number of benzene rings is 1. The smallest absolute Gasteiger partial charge is 0.243 e. The third-order valence-corrected chi connectivity index (χ3v) is 3.01. The summed E-state index contributed by atoms with van der Waals surface area (Å²) in [5, 5.41) is 14.9. The van der Waals surface area contributed by atoms with Gasteiger partial charge in [-0.3, -0.25) is 0 Å². The molecule has 0 amide bonds. The highest BCUT2D eigenvalue weighted by Gasteiger charge is 2.19. The molecule has 0 atom stereocenters. The highest BCUT2D eigenvalue weighted by molar-refractivity contribution is 5.73. The molecule has 0 radical (unpaired) electrons. The van der Waals surface area contributed by atoms with Crippen molar-refractivity contribution in [2.24, 2.45) is 0 Å². The predicted molar refractivity (Wildman–Crippen MR) is 71.5 cm³/mol. The summed E-state index contributed by atoms with van der Waals surface area (Å²) in [4.78, 5) is 4.42. The van der Waals surface area contributed by atoms with Crippen LogP contribution >= 0.6 is 0 Å². The summed E-state index contributed by atoms with van der Waals surface area (Å²) in [6, 6.07) is 8.54. The monoisotopic (exact) mass is 243 g/mol. The first-order valence-corrected chi connectivity index (χ1v) is 6.48. The van der Waals surface area contributed by atoms with E-state index in [1.807, 2.05) is 24.3 Å². The Hall–Kier alpha value is -1.75. The van der Waals surface area contributed by atoms with Crippen LogP contribution in [0.15, 0.2) is 24.3 Å². The molecule has 0 saturated heterocycles. The lowest BCUT2D eigenvalue weighted by atomic mass is 10.3. The molecule has 3 rings (SSSR count). The Morgan fingerprint density at radius 1 is 1.06 bits per heavy atom. The quantitative estimate of drug-likeness (QED) is 0.754. The van der Waals surface area contributed by atoms with Crippen LogP contribution in [0.1, 0.15) is 19.3 Å². The van der Waals surface area contributed by atoms with Crippen molar-refractivity contribution in [1.29, 1.82) is 0 Å². The summed E-state index contributed by atoms with van der Waals surface area (Å²) < 4.78 is 0. The van der Waals surface area contributed by atoms with E-state index in [1.165, 1.54) is 12.8 Å². The molecular formula is C13H17N5. The minimum Gasteiger partial charge on any atom is -0.353 e. The van der Waals surface area contributed by atoms with Crippen LogP contribution in [0.3, 0.4) is 0 Å². The Bertz CT molecular complexity index is 524. The summed E-state index contributed by atoms with van der Waals surface area (Å²) in [5.41, 5.74) is 1.71. The summed E-state index contributed by atoms with van der Waals surface area (Å²) in [5.74, 6) is 0.611. The van der Waals surface area contributed by atoms with Gasteiger partial charge in [-0.2, -0.15) is 0 Å². The van der Waals surface area contributed by atoms with Gasteiger partial charge in [0.25, 0.3) is 0 Å². The van der Waals surface area contributed by atoms with Crippen LogP contribution in [-0.2, 0) is 0 Å². The van der Waals surface area contributed by atoms with Gasteiger partial charge in [0.1, 0.15) is 5.52 Å². The second kappa shape index (κ2) is 5.27. The highest BCUT2D eigenvalue weighted by atomic mass is 15.2. The first-order chi connectivity index (χ1) is 8.92. The molecular weight excluding hydrogens is 226 g/mol. The average Bonchev–Trinajstić information content (AvgIpc) is 3.22. The average molecular weight is 243 g/mol. The van der Waals surface area contributed by atoms with Crippen LogP contribution in [0.2, 0.25) is 0 Å². The van der Waals surface area contributed by atoms with Gasteiger partial charge in [0, 0.05) is 12.6 Å². The zero-order valence-electron chi connectivity index (χ0n) is 10.3. The molecule has 0 aliphatic heterocycles. The first kappa shape index (κ1) is 11.3. The van der Waals surface area contributed by atoms with E-state index in [2.05, 4.69) is 25.8 Å². The van der Waals surface area contributed by atoms with Gasteiger partial charge in [-0.15, -0.1) is 10.2 Å². The van der Waals surface area contributed by atoms with E-state index >= 15 is 0 Å². The molecule has 1 aliphatic rings. The SMILES string of the molecule is c1ccc2nc(NCCCNC3CC3)nnc2c1. The van der Waals surface area contributed by atoms with Crippen LogP contribution in [0.4, 0.5) is 5.95 Å². The number of hydrogen-bond donors (Lipinski definition) is 2. The summed E-state index contributed by atoms with van der Waals surface area (Å²) >= 11 is 0. The van der Waals surface area contributed by atoms with Crippen molar-refractivity contribution in [2.75, 3.05) is 18.4 Å². The number of nitrogens with one attached hydrogen (secondary N) is 2. The topological polar surface area (TPSA) is 62.7 Å². The predicted octanol–water partition coefficient (Wildman–Crippen LogP) is 1.58. The number of hydrogen-bond acceptors (Lipinski definition) is 5. The molecule has 1 aliphatic carbocycles. The van der Waals surface area contributed by atoms with Gasteiger partial charge < -0.3 is 10.6 Å². The maximum atomic E-state index is 4.42. The third kappa shape index (κ3) is 2.92. The fourth-order valence-corrected chi connectivity index (χ4v) is 1.84. The molecule has 1 fully saturated rings. The molecule has 94 valence electrons. The van der Waals surface area contributed by atoms with Gasteiger partial charge in [0.15, 0.2) is 0 Å². The van der Waals surface area contributed by atoms with Crippen LogP contribution in [0, 0.1) is 0 Å². The van der Waals surface area contributed by atoms with E-state index in [0.717, 1.165) is 36.6 Å². The number of rotatable bonds is 6. The Kier molecular flexibility index (Phi) is 3.32. The van der Waals surface area contributed by atoms with Crippen molar-refractivity contribution < 1.29 is 0 Å². The van der Waals surface area contributed by atoms with E-state index in [-0.39, 0.29) is 0 Å². The zero-order chi connectivity index (χ0) is 12.2. The molecule has 1 saturated carbocycles. The number of fused-ring (bicyclic) bond motifs is 1. The molecule has 0 bridgehead atoms. The minimum atomic E-state index is 0.611. The van der Waals surface area contributed by atoms with Gasteiger partial charge in [0.2, 0.25) is 5.95 Å². The lowest BCUT2D eigenvalue weighted by Gasteiger charge is -2.05. The molecule has 1 aromatic carbocycles. The Morgan fingerprint density at radius 2 is 1.89 bits per heavy atom. The van der Waals surface area contributed by atoms with Crippen LogP contribution in [0.5, 0.6) is 0 Å². The van der Waals surface area contributed by atoms with Crippen molar-refractivity contribution in [3.63, 3.8) is 0 Å². The molecule has 2 aromatic rings. The Balaban J connectivity index is 1.50. The first-order valence-electron chi connectivity index (χ1n) is 6.48. The molecule has 5 heteroatoms. The molecule has 18 heavy (non-hydrogen) atoms. The van der Waals surface area contributed by atoms with Crippen molar-refractivity contribution in [3.05, 3.63) is 24.3 Å². The fourth-order valence-electron chi connectivity index (χ4n) is 1.84. The van der Waals surface area contributed by atoms with Gasteiger partial charge in [-0.05, 0) is 37.9 Å². The summed E-state index contributed by atoms with van der Waals surface area (Å²) in [7, 11) is 0. The van der Waals surface area contributed by atoms with E-state index in [4.69, 9.17) is 0 Å². The largest absolute Gasteiger partial charge is 0.353 e. The van der Waals surface area contributed by atoms with Crippen molar-refractivity contribution in [2.45, 2.75) is 25.3 Å². The molecule has 0 unspecified atom stereocenters. The van der Waals surface area contributed by atoms with Gasteiger partial charge in [-0.25, -0.2) is 4.98 Å². The third-order valence-electron chi connectivity index (χ3n) is 3.01. The Morgan fingerprint density at radius 3 is 2.72 bits per heavy atom. The van der Waals surface area contributed by atoms with Crippen LogP contribution in [-0.4, -0.2) is 34.3 Å². The molecule has 5 nitrogen and oxygen atoms in total. The van der Waals surface area contributed by atoms with Gasteiger partial charge >= 0.3 is 0 Å². The highest BCUT2D eigenvalue weighted by Crippen LogP contribution is 2.18. The van der Waals surface area contributed by atoms with Crippen LogP contribution < -0.4 is 10.6 Å². The number of aromatic nitrogens is 3. The van der Waals surface area contributed by atoms with Crippen LogP contribution in [0.25, 0.3) is 11.0 Å². The minimum absolute atomic E-state index is 0.611. The van der Waals surface area contributed by atoms with Gasteiger partial charge in [-0.1, -0.05) is 12.1 Å².